The third-order valence-corrected chi connectivity index (χ3v) is 5.15. The maximum Gasteiger partial charge on any atom is 0.237 e. The topological polar surface area (TPSA) is 44.4 Å². The number of carbonyl (C=O) groups excluding carboxylic acids is 1. The minimum absolute atomic E-state index is 0.0256. The molecule has 2 aliphatic rings. The molecule has 2 aliphatic heterocycles. The zero-order valence-electron chi connectivity index (χ0n) is 13.6. The van der Waals surface area contributed by atoms with Gasteiger partial charge in [-0.2, -0.15) is 0 Å². The second kappa shape index (κ2) is 8.13. The van der Waals surface area contributed by atoms with Gasteiger partial charge in [0.1, 0.15) is 0 Å². The third-order valence-electron chi connectivity index (χ3n) is 4.91. The van der Waals surface area contributed by atoms with Crippen LogP contribution in [-0.4, -0.2) is 43.0 Å². The maximum absolute atomic E-state index is 12.4. The largest absolute Gasteiger partial charge is 0.353 e. The molecule has 4 nitrogen and oxygen atoms in total. The van der Waals surface area contributed by atoms with Gasteiger partial charge in [-0.3, -0.25) is 9.69 Å². The van der Waals surface area contributed by atoms with E-state index in [9.17, 15) is 4.79 Å². The van der Waals surface area contributed by atoms with Crippen LogP contribution in [0.1, 0.15) is 43.7 Å². The Morgan fingerprint density at radius 3 is 2.83 bits per heavy atom. The van der Waals surface area contributed by atoms with Crippen molar-refractivity contribution in [1.82, 2.24) is 15.5 Å². The van der Waals surface area contributed by atoms with E-state index >= 15 is 0 Å². The first-order valence-electron chi connectivity index (χ1n) is 8.74. The quantitative estimate of drug-likeness (QED) is 0.869. The van der Waals surface area contributed by atoms with Gasteiger partial charge in [0, 0.05) is 11.6 Å². The molecule has 0 aliphatic carbocycles. The molecule has 2 atom stereocenters. The summed E-state index contributed by atoms with van der Waals surface area (Å²) in [5.74, 6) is 0.135. The summed E-state index contributed by atoms with van der Waals surface area (Å²) in [5, 5.41) is 7.23. The van der Waals surface area contributed by atoms with Crippen molar-refractivity contribution in [3.63, 3.8) is 0 Å². The molecule has 0 bridgehead atoms. The fraction of sp³-hybridized carbons (Fsp3) is 0.611. The molecule has 23 heavy (non-hydrogen) atoms. The van der Waals surface area contributed by atoms with Gasteiger partial charge in [0.15, 0.2) is 0 Å². The van der Waals surface area contributed by atoms with Crippen LogP contribution in [0.3, 0.4) is 0 Å². The summed E-state index contributed by atoms with van der Waals surface area (Å²) in [5.41, 5.74) is 1.19. The number of amides is 1. The van der Waals surface area contributed by atoms with E-state index in [0.717, 1.165) is 37.5 Å². The minimum atomic E-state index is -0.0256. The van der Waals surface area contributed by atoms with E-state index in [1.165, 1.54) is 24.8 Å². The Labute approximate surface area is 143 Å². The number of carbonyl (C=O) groups is 1. The van der Waals surface area contributed by atoms with Gasteiger partial charge in [-0.25, -0.2) is 0 Å². The smallest absolute Gasteiger partial charge is 0.237 e. The zero-order chi connectivity index (χ0) is 16.1. The number of rotatable bonds is 5. The van der Waals surface area contributed by atoms with Crippen molar-refractivity contribution < 1.29 is 4.79 Å². The van der Waals surface area contributed by atoms with E-state index in [0.29, 0.717) is 6.54 Å². The number of nitrogens with zero attached hydrogens (tertiary/aromatic N) is 1. The summed E-state index contributed by atoms with van der Waals surface area (Å²) in [7, 11) is 0. The first kappa shape index (κ1) is 16.7. The lowest BCUT2D eigenvalue weighted by atomic mass is 10.0. The minimum Gasteiger partial charge on any atom is -0.353 e. The zero-order valence-corrected chi connectivity index (χ0v) is 14.3. The van der Waals surface area contributed by atoms with Gasteiger partial charge >= 0.3 is 0 Å². The fourth-order valence-electron chi connectivity index (χ4n) is 3.62. The van der Waals surface area contributed by atoms with E-state index in [-0.39, 0.29) is 18.0 Å². The Morgan fingerprint density at radius 2 is 2.13 bits per heavy atom. The van der Waals surface area contributed by atoms with Crippen molar-refractivity contribution in [2.75, 3.05) is 26.2 Å². The van der Waals surface area contributed by atoms with Gasteiger partial charge in [0.05, 0.1) is 12.1 Å². The highest BCUT2D eigenvalue weighted by atomic mass is 35.5. The maximum atomic E-state index is 12.4. The normalized spacial score (nSPS) is 23.6. The number of hydrogen-bond acceptors (Lipinski definition) is 3. The standard InChI is InChI=1S/C18H26ClN3O/c19-15-7-5-6-14(12-15)17(22-10-3-4-11-22)13-21-18(23)16-8-1-2-9-20-16/h5-7,12,16-17,20H,1-4,8-11,13H2,(H,21,23). The lowest BCUT2D eigenvalue weighted by molar-refractivity contribution is -0.123. The van der Waals surface area contributed by atoms with Gasteiger partial charge in [-0.1, -0.05) is 30.2 Å². The van der Waals surface area contributed by atoms with Gasteiger partial charge in [0.25, 0.3) is 0 Å². The van der Waals surface area contributed by atoms with Crippen molar-refractivity contribution in [1.29, 1.82) is 0 Å². The second-order valence-electron chi connectivity index (χ2n) is 6.56. The molecule has 0 aromatic heterocycles. The highest BCUT2D eigenvalue weighted by molar-refractivity contribution is 6.30. The summed E-state index contributed by atoms with van der Waals surface area (Å²) >= 11 is 6.16. The summed E-state index contributed by atoms with van der Waals surface area (Å²) in [6.45, 7) is 3.78. The van der Waals surface area contributed by atoms with Crippen LogP contribution in [0, 0.1) is 0 Å². The molecule has 2 N–H and O–H groups in total. The molecule has 1 aromatic rings. The van der Waals surface area contributed by atoms with Crippen LogP contribution in [0.4, 0.5) is 0 Å². The molecule has 0 saturated carbocycles. The molecule has 126 valence electrons. The molecule has 1 amide bonds. The predicted octanol–water partition coefficient (Wildman–Crippen LogP) is 2.74. The Balaban J connectivity index is 1.65. The van der Waals surface area contributed by atoms with E-state index in [2.05, 4.69) is 21.6 Å². The molecular weight excluding hydrogens is 310 g/mol. The number of piperidine rings is 1. The SMILES string of the molecule is O=C(NCC(c1cccc(Cl)c1)N1CCCC1)C1CCCCN1. The predicted molar refractivity (Wildman–Crippen MR) is 93.7 cm³/mol. The molecular formula is C18H26ClN3O. The second-order valence-corrected chi connectivity index (χ2v) is 7.00. The van der Waals surface area contributed by atoms with Crippen LogP contribution in [0.2, 0.25) is 5.02 Å². The van der Waals surface area contributed by atoms with E-state index in [1.807, 2.05) is 18.2 Å². The van der Waals surface area contributed by atoms with Crippen molar-refractivity contribution in [3.8, 4) is 0 Å². The molecule has 0 radical (unpaired) electrons. The van der Waals surface area contributed by atoms with Gasteiger partial charge in [-0.05, 0) is 63.0 Å². The van der Waals surface area contributed by atoms with E-state index < -0.39 is 0 Å². The number of benzene rings is 1. The number of nitrogens with one attached hydrogen (secondary N) is 2. The lowest BCUT2D eigenvalue weighted by Gasteiger charge is -2.30. The molecule has 2 heterocycles. The molecule has 1 aromatic carbocycles. The Morgan fingerprint density at radius 1 is 1.30 bits per heavy atom. The Bertz CT molecular complexity index is 525. The number of hydrogen-bond donors (Lipinski definition) is 2. The van der Waals surface area contributed by atoms with Crippen LogP contribution in [0.15, 0.2) is 24.3 Å². The Kier molecular flexibility index (Phi) is 5.92. The van der Waals surface area contributed by atoms with Crippen LogP contribution in [0.25, 0.3) is 0 Å². The third kappa shape index (κ3) is 4.46. The fourth-order valence-corrected chi connectivity index (χ4v) is 3.82. The Hall–Kier alpha value is -1.10. The van der Waals surface area contributed by atoms with Gasteiger partial charge in [-0.15, -0.1) is 0 Å². The number of halogens is 1. The van der Waals surface area contributed by atoms with E-state index in [1.54, 1.807) is 0 Å². The van der Waals surface area contributed by atoms with E-state index in [4.69, 9.17) is 11.6 Å². The van der Waals surface area contributed by atoms with Gasteiger partial charge in [0.2, 0.25) is 5.91 Å². The molecule has 3 rings (SSSR count). The monoisotopic (exact) mass is 335 g/mol. The summed E-state index contributed by atoms with van der Waals surface area (Å²) in [6, 6.07) is 8.21. The molecule has 2 unspecified atom stereocenters. The van der Waals surface area contributed by atoms with Crippen LogP contribution in [-0.2, 0) is 4.79 Å². The average Bonchev–Trinajstić information content (AvgIpc) is 3.10. The molecule has 0 spiro atoms. The summed E-state index contributed by atoms with van der Waals surface area (Å²) in [6.07, 6.45) is 5.71. The first-order valence-corrected chi connectivity index (χ1v) is 9.12. The van der Waals surface area contributed by atoms with Crippen molar-refractivity contribution in [2.45, 2.75) is 44.2 Å². The van der Waals surface area contributed by atoms with Crippen molar-refractivity contribution in [3.05, 3.63) is 34.9 Å². The van der Waals surface area contributed by atoms with Crippen LogP contribution >= 0.6 is 11.6 Å². The summed E-state index contributed by atoms with van der Waals surface area (Å²) < 4.78 is 0. The number of likely N-dealkylation sites (tertiary alicyclic amines) is 1. The molecule has 2 fully saturated rings. The highest BCUT2D eigenvalue weighted by Gasteiger charge is 2.26. The van der Waals surface area contributed by atoms with Crippen LogP contribution in [0.5, 0.6) is 0 Å². The van der Waals surface area contributed by atoms with Gasteiger partial charge < -0.3 is 10.6 Å². The van der Waals surface area contributed by atoms with Crippen molar-refractivity contribution >= 4 is 17.5 Å². The first-order chi connectivity index (χ1) is 11.2. The van der Waals surface area contributed by atoms with Crippen LogP contribution < -0.4 is 10.6 Å². The molecule has 5 heteroatoms. The van der Waals surface area contributed by atoms with Crippen molar-refractivity contribution in [2.24, 2.45) is 0 Å². The average molecular weight is 336 g/mol. The highest BCUT2D eigenvalue weighted by Crippen LogP contribution is 2.26. The molecule has 2 saturated heterocycles. The summed E-state index contributed by atoms with van der Waals surface area (Å²) in [4.78, 5) is 14.9. The lowest BCUT2D eigenvalue weighted by Crippen LogP contribution is -2.48.